The van der Waals surface area contributed by atoms with Gasteiger partial charge < -0.3 is 29.6 Å². The molecule has 2 N–H and O–H groups in total. The number of carbonyl (C=O) groups excluding carboxylic acids is 2. The van der Waals surface area contributed by atoms with Crippen LogP contribution in [0.3, 0.4) is 0 Å². The van der Waals surface area contributed by atoms with E-state index in [1.807, 2.05) is 60.7 Å². The Morgan fingerprint density at radius 1 is 0.409 bits per heavy atom. The first kappa shape index (κ1) is 29.7. The average Bonchev–Trinajstić information content (AvgIpc) is 3.07. The van der Waals surface area contributed by atoms with Crippen molar-refractivity contribution in [3.63, 3.8) is 0 Å². The Balaban J connectivity index is 1.14. The molecular formula is C36H32N2O6. The Hall–Kier alpha value is -5.76. The lowest BCUT2D eigenvalue weighted by Crippen LogP contribution is -2.17. The zero-order chi connectivity index (χ0) is 30.4. The minimum Gasteiger partial charge on any atom is -0.490 e. The van der Waals surface area contributed by atoms with Crippen molar-refractivity contribution < 1.29 is 28.5 Å². The Bertz CT molecular complexity index is 1540. The van der Waals surface area contributed by atoms with Crippen molar-refractivity contribution in [2.24, 2.45) is 0 Å². The molecule has 0 aromatic heterocycles. The van der Waals surface area contributed by atoms with Gasteiger partial charge in [0.05, 0.1) is 11.4 Å². The maximum absolute atomic E-state index is 13.1. The molecule has 5 aromatic rings. The van der Waals surface area contributed by atoms with Gasteiger partial charge >= 0.3 is 0 Å². The molecule has 0 saturated heterocycles. The number of hydrogen-bond donors (Lipinski definition) is 2. The predicted molar refractivity (Wildman–Crippen MR) is 170 cm³/mol. The van der Waals surface area contributed by atoms with E-state index in [9.17, 15) is 9.59 Å². The first-order valence-corrected chi connectivity index (χ1v) is 14.2. The third-order valence-corrected chi connectivity index (χ3v) is 6.34. The van der Waals surface area contributed by atoms with E-state index < -0.39 is 0 Å². The number of nitrogens with one attached hydrogen (secondary N) is 2. The van der Waals surface area contributed by atoms with Crippen LogP contribution in [0.15, 0.2) is 133 Å². The zero-order valence-corrected chi connectivity index (χ0v) is 24.0. The second-order valence-corrected chi connectivity index (χ2v) is 9.53. The second kappa shape index (κ2) is 15.5. The number of anilines is 2. The Kier molecular flexibility index (Phi) is 10.4. The van der Waals surface area contributed by atoms with Gasteiger partial charge in [0.1, 0.15) is 49.4 Å². The van der Waals surface area contributed by atoms with Gasteiger partial charge in [0.2, 0.25) is 0 Å². The number of carbonyl (C=O) groups is 2. The molecule has 0 radical (unpaired) electrons. The van der Waals surface area contributed by atoms with Crippen LogP contribution in [-0.4, -0.2) is 38.2 Å². The SMILES string of the molecule is O=C(Nc1ccccc1NC(=O)c1cccc(OCCOc2ccccc2)c1)c1cccc(OCCOc2ccccc2)c1. The van der Waals surface area contributed by atoms with Gasteiger partial charge in [-0.05, 0) is 72.8 Å². The van der Waals surface area contributed by atoms with Gasteiger partial charge in [0.15, 0.2) is 0 Å². The smallest absolute Gasteiger partial charge is 0.255 e. The molecule has 0 fully saturated rings. The molecule has 222 valence electrons. The molecule has 0 aliphatic rings. The number of rotatable bonds is 14. The molecule has 5 aromatic carbocycles. The van der Waals surface area contributed by atoms with Crippen molar-refractivity contribution in [3.05, 3.63) is 145 Å². The standard InChI is InChI=1S/C36H32N2O6/c39-35(27-11-9-17-31(25-27)43-23-21-41-29-13-3-1-4-14-29)37-33-19-7-8-20-34(33)38-36(40)28-12-10-18-32(26-28)44-24-22-42-30-15-5-2-6-16-30/h1-20,25-26H,21-24H2,(H,37,39)(H,38,40). The fourth-order valence-electron chi connectivity index (χ4n) is 4.22. The summed E-state index contributed by atoms with van der Waals surface area (Å²) in [6.45, 7) is 1.38. The quantitative estimate of drug-likeness (QED) is 0.134. The molecule has 44 heavy (non-hydrogen) atoms. The topological polar surface area (TPSA) is 95.1 Å². The van der Waals surface area contributed by atoms with Crippen molar-refractivity contribution in [1.82, 2.24) is 0 Å². The molecule has 0 saturated carbocycles. The number of benzene rings is 5. The normalized spacial score (nSPS) is 10.4. The summed E-state index contributed by atoms with van der Waals surface area (Å²) in [6, 6.07) is 39.7. The minimum atomic E-state index is -0.342. The van der Waals surface area contributed by atoms with E-state index in [4.69, 9.17) is 18.9 Å². The number of hydrogen-bond acceptors (Lipinski definition) is 6. The van der Waals surface area contributed by atoms with Gasteiger partial charge in [-0.25, -0.2) is 0 Å². The van der Waals surface area contributed by atoms with Crippen LogP contribution in [0.2, 0.25) is 0 Å². The van der Waals surface area contributed by atoms with Crippen LogP contribution in [-0.2, 0) is 0 Å². The molecule has 0 spiro atoms. The number of para-hydroxylation sites is 4. The van der Waals surface area contributed by atoms with Crippen molar-refractivity contribution in [2.45, 2.75) is 0 Å². The van der Waals surface area contributed by atoms with Crippen LogP contribution in [0, 0.1) is 0 Å². The summed E-state index contributed by atoms with van der Waals surface area (Å²) in [5.41, 5.74) is 1.74. The average molecular weight is 589 g/mol. The minimum absolute atomic E-state index is 0.322. The van der Waals surface area contributed by atoms with E-state index in [0.717, 1.165) is 11.5 Å². The summed E-state index contributed by atoms with van der Waals surface area (Å²) < 4.78 is 22.9. The van der Waals surface area contributed by atoms with Gasteiger partial charge in [-0.1, -0.05) is 60.7 Å². The monoisotopic (exact) mass is 588 g/mol. The van der Waals surface area contributed by atoms with E-state index in [-0.39, 0.29) is 11.8 Å². The third kappa shape index (κ3) is 8.87. The molecule has 2 amide bonds. The van der Waals surface area contributed by atoms with Gasteiger partial charge in [0, 0.05) is 11.1 Å². The van der Waals surface area contributed by atoms with Gasteiger partial charge in [-0.3, -0.25) is 9.59 Å². The molecule has 0 unspecified atom stereocenters. The summed E-state index contributed by atoms with van der Waals surface area (Å²) in [5, 5.41) is 5.77. The maximum atomic E-state index is 13.1. The molecule has 5 rings (SSSR count). The predicted octanol–water partition coefficient (Wildman–Crippen LogP) is 7.11. The molecular weight excluding hydrogens is 556 g/mol. The molecule has 0 aliphatic heterocycles. The fraction of sp³-hybridized carbons (Fsp3) is 0.111. The Morgan fingerprint density at radius 2 is 0.750 bits per heavy atom. The third-order valence-electron chi connectivity index (χ3n) is 6.34. The summed E-state index contributed by atoms with van der Waals surface area (Å²) in [6.07, 6.45) is 0. The molecule has 0 atom stereocenters. The number of ether oxygens (including phenoxy) is 4. The first-order chi connectivity index (χ1) is 21.6. The van der Waals surface area contributed by atoms with Gasteiger partial charge in [-0.15, -0.1) is 0 Å². The van der Waals surface area contributed by atoms with E-state index >= 15 is 0 Å². The lowest BCUT2D eigenvalue weighted by molar-refractivity contribution is 0.101. The molecule has 8 heteroatoms. The molecule has 8 nitrogen and oxygen atoms in total. The first-order valence-electron chi connectivity index (χ1n) is 14.2. The zero-order valence-electron chi connectivity index (χ0n) is 24.0. The van der Waals surface area contributed by atoms with Crippen LogP contribution >= 0.6 is 0 Å². The van der Waals surface area contributed by atoms with Gasteiger partial charge in [0.25, 0.3) is 11.8 Å². The van der Waals surface area contributed by atoms with Crippen LogP contribution in [0.1, 0.15) is 20.7 Å². The second-order valence-electron chi connectivity index (χ2n) is 9.53. The highest BCUT2D eigenvalue weighted by Gasteiger charge is 2.13. The summed E-state index contributed by atoms with van der Waals surface area (Å²) in [5.74, 6) is 1.94. The Labute approximate surface area is 256 Å². The molecule has 0 aliphatic carbocycles. The van der Waals surface area contributed by atoms with E-state index in [2.05, 4.69) is 10.6 Å². The fourth-order valence-corrected chi connectivity index (χ4v) is 4.22. The van der Waals surface area contributed by atoms with Crippen LogP contribution in [0.25, 0.3) is 0 Å². The number of amides is 2. The highest BCUT2D eigenvalue weighted by molar-refractivity contribution is 6.10. The van der Waals surface area contributed by atoms with Crippen molar-refractivity contribution in [1.29, 1.82) is 0 Å². The van der Waals surface area contributed by atoms with E-state index in [1.54, 1.807) is 72.8 Å². The van der Waals surface area contributed by atoms with Crippen molar-refractivity contribution in [3.8, 4) is 23.0 Å². The highest BCUT2D eigenvalue weighted by atomic mass is 16.5. The Morgan fingerprint density at radius 3 is 1.16 bits per heavy atom. The summed E-state index contributed by atoms with van der Waals surface area (Å²) >= 11 is 0. The van der Waals surface area contributed by atoms with E-state index in [1.165, 1.54) is 0 Å². The van der Waals surface area contributed by atoms with Gasteiger partial charge in [-0.2, -0.15) is 0 Å². The lowest BCUT2D eigenvalue weighted by atomic mass is 10.1. The molecule has 0 heterocycles. The highest BCUT2D eigenvalue weighted by Crippen LogP contribution is 2.24. The van der Waals surface area contributed by atoms with Crippen molar-refractivity contribution >= 4 is 23.2 Å². The molecule has 0 bridgehead atoms. The summed E-state index contributed by atoms with van der Waals surface area (Å²) in [4.78, 5) is 26.2. The summed E-state index contributed by atoms with van der Waals surface area (Å²) in [7, 11) is 0. The maximum Gasteiger partial charge on any atom is 0.255 e. The van der Waals surface area contributed by atoms with Crippen LogP contribution in [0.5, 0.6) is 23.0 Å². The van der Waals surface area contributed by atoms with Crippen LogP contribution < -0.4 is 29.6 Å². The van der Waals surface area contributed by atoms with Crippen LogP contribution in [0.4, 0.5) is 11.4 Å². The largest absolute Gasteiger partial charge is 0.490 e. The van der Waals surface area contributed by atoms with Crippen molar-refractivity contribution in [2.75, 3.05) is 37.1 Å². The lowest BCUT2D eigenvalue weighted by Gasteiger charge is -2.14. The van der Waals surface area contributed by atoms with E-state index in [0.29, 0.717) is 60.4 Å².